The van der Waals surface area contributed by atoms with Crippen LogP contribution in [0.4, 0.5) is 0 Å². The van der Waals surface area contributed by atoms with Gasteiger partial charge in [-0.05, 0) is 19.1 Å². The lowest BCUT2D eigenvalue weighted by molar-refractivity contribution is 0.873. The van der Waals surface area contributed by atoms with Crippen LogP contribution < -0.4 is 0 Å². The van der Waals surface area contributed by atoms with Crippen LogP contribution in [0.5, 0.6) is 0 Å². The number of aryl methyl sites for hydroxylation is 2. The molecule has 0 radical (unpaired) electrons. The Bertz CT molecular complexity index is 508. The smallest absolute Gasteiger partial charge is 0.130 e. The minimum atomic E-state index is 0.454. The van der Waals surface area contributed by atoms with Gasteiger partial charge in [0.05, 0.1) is 11.8 Å². The van der Waals surface area contributed by atoms with Crippen molar-refractivity contribution in [3.05, 3.63) is 36.0 Å². The molecule has 16 heavy (non-hydrogen) atoms. The Morgan fingerprint density at radius 2 is 2.31 bits per heavy atom. The topological polar surface area (TPSA) is 65.4 Å². The van der Waals surface area contributed by atoms with Crippen molar-refractivity contribution in [2.75, 3.05) is 0 Å². The van der Waals surface area contributed by atoms with Crippen molar-refractivity contribution in [1.82, 2.24) is 15.0 Å². The summed E-state index contributed by atoms with van der Waals surface area (Å²) in [6.45, 7) is 1.94. The third-order valence-corrected chi connectivity index (χ3v) is 2.25. The minimum Gasteiger partial charge on any atom is -0.367 e. The number of aromatic nitrogens is 3. The molecule has 0 unspecified atom stereocenters. The van der Waals surface area contributed by atoms with Gasteiger partial charge in [0.2, 0.25) is 0 Å². The molecule has 0 aliphatic rings. The normalized spacial score (nSPS) is 10.0. The number of aromatic amines is 1. The Balaban J connectivity index is 2.33. The second kappa shape index (κ2) is 4.58. The lowest BCUT2D eigenvalue weighted by atomic mass is 10.2. The van der Waals surface area contributed by atoms with E-state index in [0.717, 1.165) is 22.8 Å². The highest BCUT2D eigenvalue weighted by molar-refractivity contribution is 5.58. The van der Waals surface area contributed by atoms with Crippen LogP contribution >= 0.6 is 0 Å². The zero-order valence-corrected chi connectivity index (χ0v) is 9.07. The molecule has 0 aliphatic carbocycles. The summed E-state index contributed by atoms with van der Waals surface area (Å²) in [5, 5.41) is 8.54. The first-order valence-corrected chi connectivity index (χ1v) is 5.14. The van der Waals surface area contributed by atoms with Crippen LogP contribution in [0.1, 0.15) is 17.9 Å². The number of hydrogen-bond donors (Lipinski definition) is 1. The molecule has 0 spiro atoms. The number of hydrogen-bond acceptors (Lipinski definition) is 3. The maximum Gasteiger partial charge on any atom is 0.130 e. The van der Waals surface area contributed by atoms with Gasteiger partial charge in [-0.15, -0.1) is 0 Å². The molecule has 0 fully saturated rings. The molecule has 1 N–H and O–H groups in total. The zero-order chi connectivity index (χ0) is 11.4. The van der Waals surface area contributed by atoms with Crippen LogP contribution in [0.2, 0.25) is 0 Å². The molecule has 2 rings (SSSR count). The van der Waals surface area contributed by atoms with E-state index >= 15 is 0 Å². The van der Waals surface area contributed by atoms with Gasteiger partial charge in [0, 0.05) is 36.5 Å². The monoisotopic (exact) mass is 212 g/mol. The minimum absolute atomic E-state index is 0.454. The molecule has 0 saturated heterocycles. The van der Waals surface area contributed by atoms with E-state index in [1.165, 1.54) is 0 Å². The van der Waals surface area contributed by atoms with Crippen LogP contribution in [-0.2, 0) is 6.42 Å². The zero-order valence-electron chi connectivity index (χ0n) is 9.07. The summed E-state index contributed by atoms with van der Waals surface area (Å²) < 4.78 is 0. The molecule has 0 aromatic carbocycles. The highest BCUT2D eigenvalue weighted by atomic mass is 14.9. The summed E-state index contributed by atoms with van der Waals surface area (Å²) in [5.41, 5.74) is 2.88. The fourth-order valence-electron chi connectivity index (χ4n) is 1.54. The van der Waals surface area contributed by atoms with Gasteiger partial charge in [0.15, 0.2) is 0 Å². The van der Waals surface area contributed by atoms with E-state index in [1.54, 1.807) is 0 Å². The van der Waals surface area contributed by atoms with Crippen LogP contribution in [0.3, 0.4) is 0 Å². The van der Waals surface area contributed by atoms with E-state index in [9.17, 15) is 0 Å². The number of H-pyrrole nitrogens is 1. The lowest BCUT2D eigenvalue weighted by Crippen LogP contribution is -1.98. The van der Waals surface area contributed by atoms with E-state index in [-0.39, 0.29) is 0 Å². The fraction of sp³-hybridized carbons (Fsp3) is 0.250. The van der Waals surface area contributed by atoms with Crippen molar-refractivity contribution in [2.24, 2.45) is 0 Å². The fourth-order valence-corrected chi connectivity index (χ4v) is 1.54. The van der Waals surface area contributed by atoms with E-state index in [0.29, 0.717) is 12.8 Å². The standard InChI is InChI=1S/C12H12N4/c1-9-7-11(10-4-6-14-8-10)16-12(15-9)3-2-5-13/h4,6-8,14H,2-3H2,1H3. The third kappa shape index (κ3) is 2.26. The number of nitriles is 1. The molecule has 4 nitrogen and oxygen atoms in total. The molecule has 0 saturated carbocycles. The number of nitrogens with zero attached hydrogens (tertiary/aromatic N) is 3. The van der Waals surface area contributed by atoms with Gasteiger partial charge in [-0.25, -0.2) is 9.97 Å². The Hall–Kier alpha value is -2.15. The van der Waals surface area contributed by atoms with Crippen molar-refractivity contribution in [3.63, 3.8) is 0 Å². The molecule has 0 bridgehead atoms. The first-order valence-electron chi connectivity index (χ1n) is 5.14. The van der Waals surface area contributed by atoms with E-state index in [1.807, 2.05) is 31.5 Å². The van der Waals surface area contributed by atoms with Crippen molar-refractivity contribution < 1.29 is 0 Å². The average Bonchev–Trinajstić information content (AvgIpc) is 2.79. The van der Waals surface area contributed by atoms with Crippen LogP contribution in [0.15, 0.2) is 24.5 Å². The molecule has 0 amide bonds. The van der Waals surface area contributed by atoms with Crippen molar-refractivity contribution in [3.8, 4) is 17.3 Å². The van der Waals surface area contributed by atoms with Crippen LogP contribution in [0, 0.1) is 18.3 Å². The van der Waals surface area contributed by atoms with E-state index in [4.69, 9.17) is 5.26 Å². The van der Waals surface area contributed by atoms with Crippen LogP contribution in [0.25, 0.3) is 11.3 Å². The van der Waals surface area contributed by atoms with Crippen molar-refractivity contribution >= 4 is 0 Å². The molecule has 80 valence electrons. The first kappa shape index (κ1) is 10.4. The quantitative estimate of drug-likeness (QED) is 0.848. The largest absolute Gasteiger partial charge is 0.367 e. The summed E-state index contributed by atoms with van der Waals surface area (Å²) in [6.07, 6.45) is 4.82. The maximum atomic E-state index is 8.54. The predicted molar refractivity (Wildman–Crippen MR) is 60.5 cm³/mol. The molecule has 0 aliphatic heterocycles. The average molecular weight is 212 g/mol. The molecule has 2 aromatic heterocycles. The number of nitrogens with one attached hydrogen (secondary N) is 1. The molecule has 2 heterocycles. The molecular formula is C12H12N4. The second-order valence-corrected chi connectivity index (χ2v) is 3.57. The maximum absolute atomic E-state index is 8.54. The van der Waals surface area contributed by atoms with Gasteiger partial charge in [-0.3, -0.25) is 0 Å². The highest BCUT2D eigenvalue weighted by Gasteiger charge is 2.04. The Labute approximate surface area is 94.0 Å². The molecule has 2 aromatic rings. The van der Waals surface area contributed by atoms with Gasteiger partial charge in [0.25, 0.3) is 0 Å². The summed E-state index contributed by atoms with van der Waals surface area (Å²) in [7, 11) is 0. The SMILES string of the molecule is Cc1cc(-c2cc[nH]c2)nc(CCC#N)n1. The molecule has 0 atom stereocenters. The lowest BCUT2D eigenvalue weighted by Gasteiger charge is -2.02. The van der Waals surface area contributed by atoms with Crippen LogP contribution in [-0.4, -0.2) is 15.0 Å². The van der Waals surface area contributed by atoms with Gasteiger partial charge in [-0.1, -0.05) is 0 Å². The molecular weight excluding hydrogens is 200 g/mol. The van der Waals surface area contributed by atoms with Gasteiger partial charge in [0.1, 0.15) is 5.82 Å². The van der Waals surface area contributed by atoms with Gasteiger partial charge >= 0.3 is 0 Å². The van der Waals surface area contributed by atoms with E-state index in [2.05, 4.69) is 21.0 Å². The van der Waals surface area contributed by atoms with Gasteiger partial charge in [-0.2, -0.15) is 5.26 Å². The van der Waals surface area contributed by atoms with Gasteiger partial charge < -0.3 is 4.98 Å². The second-order valence-electron chi connectivity index (χ2n) is 3.57. The van der Waals surface area contributed by atoms with E-state index < -0.39 is 0 Å². The molecule has 4 heteroatoms. The third-order valence-electron chi connectivity index (χ3n) is 2.25. The summed E-state index contributed by atoms with van der Waals surface area (Å²) in [5.74, 6) is 0.734. The Morgan fingerprint density at radius 3 is 3.00 bits per heavy atom. The van der Waals surface area contributed by atoms with Crippen molar-refractivity contribution in [2.45, 2.75) is 19.8 Å². The Kier molecular flexibility index (Phi) is 2.97. The summed E-state index contributed by atoms with van der Waals surface area (Å²) >= 11 is 0. The first-order chi connectivity index (χ1) is 7.79. The number of rotatable bonds is 3. The summed E-state index contributed by atoms with van der Waals surface area (Å²) in [4.78, 5) is 11.7. The Morgan fingerprint density at radius 1 is 1.44 bits per heavy atom. The summed E-state index contributed by atoms with van der Waals surface area (Å²) in [6, 6.07) is 6.02. The predicted octanol–water partition coefficient (Wildman–Crippen LogP) is 2.24. The van der Waals surface area contributed by atoms with Crippen molar-refractivity contribution in [1.29, 1.82) is 5.26 Å². The highest BCUT2D eigenvalue weighted by Crippen LogP contribution is 2.17.